The first-order chi connectivity index (χ1) is 12.7. The molecule has 0 saturated heterocycles. The highest BCUT2D eigenvalue weighted by molar-refractivity contribution is 5.80. The molecule has 7 heteroatoms. The number of aliphatic imine (C=N–C) groups is 1. The van der Waals surface area contributed by atoms with E-state index in [4.69, 9.17) is 4.74 Å². The van der Waals surface area contributed by atoms with Crippen LogP contribution in [0.5, 0.6) is 0 Å². The number of hydrogen-bond donors (Lipinski definition) is 2. The van der Waals surface area contributed by atoms with Crippen molar-refractivity contribution in [2.45, 2.75) is 83.5 Å². The van der Waals surface area contributed by atoms with Crippen LogP contribution in [-0.4, -0.2) is 46.5 Å². The highest BCUT2D eigenvalue weighted by Gasteiger charge is 2.57. The van der Waals surface area contributed by atoms with Crippen LogP contribution in [0, 0.1) is 12.3 Å². The van der Waals surface area contributed by atoms with E-state index in [9.17, 15) is 0 Å². The minimum absolute atomic E-state index is 0.179. The van der Waals surface area contributed by atoms with Gasteiger partial charge in [-0.1, -0.05) is 12.8 Å². The summed E-state index contributed by atoms with van der Waals surface area (Å²) in [5.41, 5.74) is 0.302. The number of nitrogens with zero attached hydrogens (tertiary/aromatic N) is 4. The number of ether oxygens (including phenoxy) is 1. The van der Waals surface area contributed by atoms with Crippen LogP contribution in [0.25, 0.3) is 0 Å². The highest BCUT2D eigenvalue weighted by atomic mass is 16.5. The first-order valence-corrected chi connectivity index (χ1v) is 10.2. The number of nitrogens with one attached hydrogen (secondary N) is 2. The number of rotatable bonds is 4. The third kappa shape index (κ3) is 3.00. The van der Waals surface area contributed by atoms with E-state index >= 15 is 0 Å². The van der Waals surface area contributed by atoms with E-state index in [1.807, 2.05) is 18.7 Å². The molecule has 3 atom stereocenters. The standard InChI is InChI=1S/C19H32N6O/c1-4-26-16-12-15(19(16)9-5-6-10-19)23-18(20-3)22-14-8-7-11-25-17(14)21-13(2)24-25/h14-16H,4-12H2,1-3H3,(H2,20,22,23). The lowest BCUT2D eigenvalue weighted by Crippen LogP contribution is -2.65. The van der Waals surface area contributed by atoms with E-state index in [1.165, 1.54) is 25.7 Å². The molecule has 2 saturated carbocycles. The minimum Gasteiger partial charge on any atom is -0.378 e. The van der Waals surface area contributed by atoms with E-state index in [2.05, 4.69) is 32.6 Å². The fourth-order valence-corrected chi connectivity index (χ4v) is 5.19. The van der Waals surface area contributed by atoms with Crippen LogP contribution in [0.4, 0.5) is 0 Å². The monoisotopic (exact) mass is 360 g/mol. The molecule has 0 radical (unpaired) electrons. The van der Waals surface area contributed by atoms with Crippen molar-refractivity contribution in [3.63, 3.8) is 0 Å². The Kier molecular flexibility index (Phi) is 4.90. The predicted molar refractivity (Wildman–Crippen MR) is 101 cm³/mol. The third-order valence-electron chi connectivity index (χ3n) is 6.51. The Balaban J connectivity index is 1.43. The Morgan fingerprint density at radius 1 is 1.31 bits per heavy atom. The molecule has 1 aromatic heterocycles. The predicted octanol–water partition coefficient (Wildman–Crippen LogP) is 2.32. The molecule has 144 valence electrons. The Hall–Kier alpha value is -1.63. The normalized spacial score (nSPS) is 30.1. The summed E-state index contributed by atoms with van der Waals surface area (Å²) >= 11 is 0. The maximum absolute atomic E-state index is 6.04. The van der Waals surface area contributed by atoms with Crippen LogP contribution in [0.3, 0.4) is 0 Å². The van der Waals surface area contributed by atoms with Gasteiger partial charge in [-0.05, 0) is 46.0 Å². The molecule has 2 fully saturated rings. The molecule has 4 rings (SSSR count). The highest BCUT2D eigenvalue weighted by Crippen LogP contribution is 2.54. The molecule has 2 aliphatic carbocycles. The first-order valence-electron chi connectivity index (χ1n) is 10.2. The van der Waals surface area contributed by atoms with Crippen molar-refractivity contribution in [2.24, 2.45) is 10.4 Å². The smallest absolute Gasteiger partial charge is 0.191 e. The number of guanidine groups is 1. The zero-order chi connectivity index (χ0) is 18.1. The van der Waals surface area contributed by atoms with Gasteiger partial charge in [0, 0.05) is 31.7 Å². The number of hydrogen-bond acceptors (Lipinski definition) is 4. The summed E-state index contributed by atoms with van der Waals surface area (Å²) in [5, 5.41) is 11.8. The van der Waals surface area contributed by atoms with Crippen molar-refractivity contribution in [3.8, 4) is 0 Å². The van der Waals surface area contributed by atoms with Crippen LogP contribution in [0.15, 0.2) is 4.99 Å². The van der Waals surface area contributed by atoms with E-state index in [0.717, 1.165) is 50.0 Å². The summed E-state index contributed by atoms with van der Waals surface area (Å²) in [6, 6.07) is 0.634. The molecular formula is C19H32N6O. The van der Waals surface area contributed by atoms with E-state index in [-0.39, 0.29) is 6.04 Å². The summed E-state index contributed by atoms with van der Waals surface area (Å²) in [4.78, 5) is 9.13. The number of aromatic nitrogens is 3. The topological polar surface area (TPSA) is 76.4 Å². The molecule has 0 bridgehead atoms. The van der Waals surface area contributed by atoms with Crippen LogP contribution < -0.4 is 10.6 Å². The zero-order valence-corrected chi connectivity index (χ0v) is 16.3. The molecule has 0 amide bonds. The van der Waals surface area contributed by atoms with Gasteiger partial charge in [-0.15, -0.1) is 0 Å². The molecule has 2 heterocycles. The molecule has 1 aromatic rings. The van der Waals surface area contributed by atoms with E-state index in [1.54, 1.807) is 0 Å². The summed E-state index contributed by atoms with van der Waals surface area (Å²) < 4.78 is 8.08. The first kappa shape index (κ1) is 17.8. The Morgan fingerprint density at radius 3 is 2.85 bits per heavy atom. The van der Waals surface area contributed by atoms with Gasteiger partial charge in [-0.2, -0.15) is 5.10 Å². The van der Waals surface area contributed by atoms with Crippen LogP contribution in [-0.2, 0) is 11.3 Å². The quantitative estimate of drug-likeness (QED) is 0.637. The molecule has 1 spiro atoms. The number of aryl methyl sites for hydroxylation is 2. The lowest BCUT2D eigenvalue weighted by Gasteiger charge is -2.54. The van der Waals surface area contributed by atoms with Gasteiger partial charge in [-0.25, -0.2) is 9.67 Å². The molecule has 2 N–H and O–H groups in total. The summed E-state index contributed by atoms with van der Waals surface area (Å²) in [6.45, 7) is 5.83. The second-order valence-corrected chi connectivity index (χ2v) is 7.97. The Bertz CT molecular complexity index is 663. The summed E-state index contributed by atoms with van der Waals surface area (Å²) in [7, 11) is 1.86. The molecular weight excluding hydrogens is 328 g/mol. The van der Waals surface area contributed by atoms with Crippen molar-refractivity contribution in [1.82, 2.24) is 25.4 Å². The van der Waals surface area contributed by atoms with Crippen LogP contribution in [0.2, 0.25) is 0 Å². The molecule has 3 aliphatic rings. The molecule has 26 heavy (non-hydrogen) atoms. The lowest BCUT2D eigenvalue weighted by molar-refractivity contribution is -0.125. The molecule has 1 aliphatic heterocycles. The summed E-state index contributed by atoms with van der Waals surface area (Å²) in [5.74, 6) is 2.77. The number of fused-ring (bicyclic) bond motifs is 1. The fraction of sp³-hybridized carbons (Fsp3) is 0.842. The zero-order valence-electron chi connectivity index (χ0n) is 16.3. The SMILES string of the molecule is CCOC1CC(NC(=NC)NC2CCCn3nc(C)nc32)C12CCCC2. The fourth-order valence-electron chi connectivity index (χ4n) is 5.19. The maximum Gasteiger partial charge on any atom is 0.191 e. The van der Waals surface area contributed by atoms with Crippen molar-refractivity contribution >= 4 is 5.96 Å². The summed E-state index contributed by atoms with van der Waals surface area (Å²) in [6.07, 6.45) is 8.84. The van der Waals surface area contributed by atoms with Gasteiger partial charge in [0.1, 0.15) is 11.6 Å². The Labute approximate surface area is 156 Å². The van der Waals surface area contributed by atoms with Crippen LogP contribution in [0.1, 0.15) is 69.6 Å². The molecule has 7 nitrogen and oxygen atoms in total. The third-order valence-corrected chi connectivity index (χ3v) is 6.51. The second kappa shape index (κ2) is 7.18. The average molecular weight is 361 g/mol. The van der Waals surface area contributed by atoms with Gasteiger partial charge in [0.05, 0.1) is 12.1 Å². The van der Waals surface area contributed by atoms with Gasteiger partial charge in [0.15, 0.2) is 5.96 Å². The maximum atomic E-state index is 6.04. The van der Waals surface area contributed by atoms with E-state index < -0.39 is 0 Å². The minimum atomic E-state index is 0.179. The Morgan fingerprint density at radius 2 is 2.12 bits per heavy atom. The van der Waals surface area contributed by atoms with Crippen molar-refractivity contribution in [2.75, 3.05) is 13.7 Å². The van der Waals surface area contributed by atoms with Gasteiger partial charge in [-0.3, -0.25) is 4.99 Å². The molecule has 3 unspecified atom stereocenters. The van der Waals surface area contributed by atoms with Crippen molar-refractivity contribution < 1.29 is 4.74 Å². The van der Waals surface area contributed by atoms with Crippen molar-refractivity contribution in [3.05, 3.63) is 11.6 Å². The van der Waals surface area contributed by atoms with Gasteiger partial charge >= 0.3 is 0 Å². The van der Waals surface area contributed by atoms with Gasteiger partial charge in [0.2, 0.25) is 0 Å². The average Bonchev–Trinajstić information content (AvgIpc) is 3.28. The largest absolute Gasteiger partial charge is 0.378 e. The van der Waals surface area contributed by atoms with E-state index in [0.29, 0.717) is 17.6 Å². The van der Waals surface area contributed by atoms with Crippen LogP contribution >= 0.6 is 0 Å². The van der Waals surface area contributed by atoms with Crippen molar-refractivity contribution in [1.29, 1.82) is 0 Å². The second-order valence-electron chi connectivity index (χ2n) is 7.97. The molecule has 0 aromatic carbocycles. The lowest BCUT2D eigenvalue weighted by atomic mass is 9.60. The van der Waals surface area contributed by atoms with Gasteiger partial charge in [0.25, 0.3) is 0 Å². The van der Waals surface area contributed by atoms with Gasteiger partial charge < -0.3 is 15.4 Å².